The topological polar surface area (TPSA) is 75.6 Å². The van der Waals surface area contributed by atoms with E-state index in [-0.39, 0.29) is 12.1 Å². The molecule has 5 rings (SSSR count). The highest BCUT2D eigenvalue weighted by Gasteiger charge is 2.51. The van der Waals surface area contributed by atoms with Crippen LogP contribution in [0.15, 0.2) is 28.7 Å². The van der Waals surface area contributed by atoms with Gasteiger partial charge in [-0.3, -0.25) is 4.79 Å². The molecule has 1 aromatic rings. The Labute approximate surface area is 161 Å². The van der Waals surface area contributed by atoms with Gasteiger partial charge in [0.05, 0.1) is 5.56 Å². The number of aliphatic hydroxyl groups excluding tert-OH is 1. The molecule has 0 radical (unpaired) electrons. The van der Waals surface area contributed by atoms with Gasteiger partial charge in [-0.05, 0) is 74.5 Å². The molecule has 4 aliphatic rings. The normalized spacial score (nSPS) is 32.9. The minimum atomic E-state index is -1.33. The molecule has 5 nitrogen and oxygen atoms in total. The summed E-state index contributed by atoms with van der Waals surface area (Å²) in [5.41, 5.74) is 0.231. The van der Waals surface area contributed by atoms with Gasteiger partial charge in [-0.2, -0.15) is 0 Å². The van der Waals surface area contributed by atoms with Crippen molar-refractivity contribution in [3.05, 3.63) is 34.3 Å². The Morgan fingerprint density at radius 3 is 2.38 bits per heavy atom. The van der Waals surface area contributed by atoms with Crippen LogP contribution in [0.4, 0.5) is 0 Å². The van der Waals surface area contributed by atoms with Crippen molar-refractivity contribution in [2.45, 2.75) is 50.2 Å². The van der Waals surface area contributed by atoms with Gasteiger partial charge in [0.1, 0.15) is 6.61 Å². The van der Waals surface area contributed by atoms with Crippen molar-refractivity contribution in [1.82, 2.24) is 5.32 Å². The summed E-state index contributed by atoms with van der Waals surface area (Å²) in [5, 5.41) is 13.3. The quantitative estimate of drug-likeness (QED) is 0.716. The van der Waals surface area contributed by atoms with E-state index in [0.29, 0.717) is 23.3 Å². The van der Waals surface area contributed by atoms with Gasteiger partial charge >= 0.3 is 5.97 Å². The number of nitrogens with one attached hydrogen (secondary N) is 1. The molecule has 1 atom stereocenters. The number of rotatable bonds is 5. The maximum atomic E-state index is 12.5. The van der Waals surface area contributed by atoms with Crippen molar-refractivity contribution >= 4 is 27.8 Å². The Hall–Kier alpha value is -1.40. The van der Waals surface area contributed by atoms with Gasteiger partial charge in [0.25, 0.3) is 5.91 Å². The number of carbonyl (C=O) groups is 2. The van der Waals surface area contributed by atoms with E-state index in [9.17, 15) is 14.7 Å². The third-order valence-electron chi connectivity index (χ3n) is 6.16. The zero-order chi connectivity index (χ0) is 18.3. The lowest BCUT2D eigenvalue weighted by atomic mass is 9.53. The number of halogens is 1. The first-order valence-electron chi connectivity index (χ1n) is 9.35. The summed E-state index contributed by atoms with van der Waals surface area (Å²) in [6, 6.07) is 6.82. The zero-order valence-electron chi connectivity index (χ0n) is 14.6. The van der Waals surface area contributed by atoms with Gasteiger partial charge in [-0.1, -0.05) is 22.0 Å². The summed E-state index contributed by atoms with van der Waals surface area (Å²) in [4.78, 5) is 24.5. The first-order valence-corrected chi connectivity index (χ1v) is 10.1. The molecule has 6 heteroatoms. The molecule has 1 amide bonds. The van der Waals surface area contributed by atoms with Crippen LogP contribution < -0.4 is 5.32 Å². The minimum absolute atomic E-state index is 0.152. The van der Waals surface area contributed by atoms with Crippen molar-refractivity contribution in [2.24, 2.45) is 17.8 Å². The third-order valence-corrected chi connectivity index (χ3v) is 6.66. The Balaban J connectivity index is 1.32. The predicted octanol–water partition coefficient (Wildman–Crippen LogP) is 3.05. The molecule has 2 N–H and O–H groups in total. The lowest BCUT2D eigenvalue weighted by Gasteiger charge is -2.57. The number of hydrogen-bond donors (Lipinski definition) is 2. The molecule has 26 heavy (non-hydrogen) atoms. The molecule has 0 aliphatic heterocycles. The number of ether oxygens (including phenoxy) is 1. The molecule has 4 aliphatic carbocycles. The number of aliphatic hydroxyl groups is 1. The SMILES string of the molecule is O=C(OCC(O)C(=O)NC12CC3CC(CC(C3)C1)C2)c1cccc(Br)c1. The Morgan fingerprint density at radius 2 is 1.81 bits per heavy atom. The molecule has 0 spiro atoms. The first kappa shape index (κ1) is 18.0. The summed E-state index contributed by atoms with van der Waals surface area (Å²) in [6.45, 7) is -0.330. The fourth-order valence-corrected chi connectivity index (χ4v) is 5.94. The average Bonchev–Trinajstić information content (AvgIpc) is 2.57. The Kier molecular flexibility index (Phi) is 4.82. The van der Waals surface area contributed by atoms with Gasteiger partial charge in [0.2, 0.25) is 0 Å². The van der Waals surface area contributed by atoms with E-state index in [2.05, 4.69) is 21.2 Å². The van der Waals surface area contributed by atoms with Crippen molar-refractivity contribution in [1.29, 1.82) is 0 Å². The standard InChI is InChI=1S/C20H24BrNO4/c21-16-3-1-2-15(7-16)19(25)26-11-17(23)18(24)22-20-8-12-4-13(9-20)6-14(5-12)10-20/h1-3,7,12-14,17,23H,4-6,8-11H2,(H,22,24). The minimum Gasteiger partial charge on any atom is -0.459 e. The monoisotopic (exact) mass is 421 g/mol. The molecule has 140 valence electrons. The average molecular weight is 422 g/mol. The van der Waals surface area contributed by atoms with Gasteiger partial charge in [-0.15, -0.1) is 0 Å². The van der Waals surface area contributed by atoms with Crippen LogP contribution in [0, 0.1) is 17.8 Å². The molecule has 1 unspecified atom stereocenters. The van der Waals surface area contributed by atoms with E-state index in [4.69, 9.17) is 4.74 Å². The van der Waals surface area contributed by atoms with Crippen molar-refractivity contribution in [2.75, 3.05) is 6.61 Å². The van der Waals surface area contributed by atoms with Crippen LogP contribution >= 0.6 is 15.9 Å². The molecular formula is C20H24BrNO4. The third kappa shape index (κ3) is 3.67. The summed E-state index contributed by atoms with van der Waals surface area (Å²) >= 11 is 3.30. The van der Waals surface area contributed by atoms with Gasteiger partial charge < -0.3 is 15.2 Å². The van der Waals surface area contributed by atoms with Crippen molar-refractivity contribution in [3.8, 4) is 0 Å². The molecule has 4 saturated carbocycles. The fraction of sp³-hybridized carbons (Fsp3) is 0.600. The van der Waals surface area contributed by atoms with Crippen LogP contribution in [0.3, 0.4) is 0 Å². The van der Waals surface area contributed by atoms with E-state index in [1.165, 1.54) is 19.3 Å². The highest BCUT2D eigenvalue weighted by Crippen LogP contribution is 2.55. The maximum Gasteiger partial charge on any atom is 0.338 e. The van der Waals surface area contributed by atoms with Crippen LogP contribution in [0.2, 0.25) is 0 Å². The smallest absolute Gasteiger partial charge is 0.338 e. The van der Waals surface area contributed by atoms with Crippen LogP contribution in [0.25, 0.3) is 0 Å². The number of hydrogen-bond acceptors (Lipinski definition) is 4. The van der Waals surface area contributed by atoms with Gasteiger partial charge in [0.15, 0.2) is 6.10 Å². The molecule has 0 aromatic heterocycles. The number of carbonyl (C=O) groups excluding carboxylic acids is 2. The van der Waals surface area contributed by atoms with Gasteiger partial charge in [0, 0.05) is 10.0 Å². The Bertz CT molecular complexity index is 684. The number of esters is 1. The summed E-state index contributed by atoms with van der Waals surface area (Å²) < 4.78 is 5.89. The van der Waals surface area contributed by atoms with Crippen molar-refractivity contribution < 1.29 is 19.4 Å². The molecule has 4 fully saturated rings. The number of benzene rings is 1. The highest BCUT2D eigenvalue weighted by molar-refractivity contribution is 9.10. The fourth-order valence-electron chi connectivity index (χ4n) is 5.54. The maximum absolute atomic E-state index is 12.5. The van der Waals surface area contributed by atoms with E-state index in [1.807, 2.05) is 6.07 Å². The molecule has 0 saturated heterocycles. The largest absolute Gasteiger partial charge is 0.459 e. The second-order valence-electron chi connectivity index (χ2n) is 8.31. The van der Waals surface area contributed by atoms with Gasteiger partial charge in [-0.25, -0.2) is 4.79 Å². The van der Waals surface area contributed by atoms with Crippen molar-refractivity contribution in [3.63, 3.8) is 0 Å². The summed E-state index contributed by atoms with van der Waals surface area (Å²) in [7, 11) is 0. The zero-order valence-corrected chi connectivity index (χ0v) is 16.2. The second kappa shape index (κ2) is 6.97. The van der Waals surface area contributed by atoms with E-state index >= 15 is 0 Å². The van der Waals surface area contributed by atoms with E-state index in [1.54, 1.807) is 18.2 Å². The molecular weight excluding hydrogens is 398 g/mol. The van der Waals surface area contributed by atoms with Crippen LogP contribution in [0.5, 0.6) is 0 Å². The lowest BCUT2D eigenvalue weighted by molar-refractivity contribution is -0.137. The highest BCUT2D eigenvalue weighted by atomic mass is 79.9. The summed E-state index contributed by atoms with van der Waals surface area (Å²) in [5.74, 6) is 1.18. The molecule has 1 aromatic carbocycles. The van der Waals surface area contributed by atoms with Crippen LogP contribution in [-0.4, -0.2) is 35.2 Å². The van der Waals surface area contributed by atoms with E-state index in [0.717, 1.165) is 23.7 Å². The Morgan fingerprint density at radius 1 is 1.19 bits per heavy atom. The molecule has 0 heterocycles. The van der Waals surface area contributed by atoms with Crippen LogP contribution in [0.1, 0.15) is 48.9 Å². The predicted molar refractivity (Wildman–Crippen MR) is 99.5 cm³/mol. The lowest BCUT2D eigenvalue weighted by Crippen LogP contribution is -2.61. The molecule has 4 bridgehead atoms. The number of amides is 1. The first-order chi connectivity index (χ1) is 12.4. The van der Waals surface area contributed by atoms with E-state index < -0.39 is 18.0 Å². The second-order valence-corrected chi connectivity index (χ2v) is 9.23. The van der Waals surface area contributed by atoms with Crippen LogP contribution in [-0.2, 0) is 9.53 Å². The summed E-state index contributed by atoms with van der Waals surface area (Å²) in [6.07, 6.45) is 5.62.